The zero-order valence-electron chi connectivity index (χ0n) is 34.5. The molecule has 0 spiro atoms. The molecule has 0 aliphatic rings. The summed E-state index contributed by atoms with van der Waals surface area (Å²) < 4.78 is 11.4. The Morgan fingerprint density at radius 3 is 1.47 bits per heavy atom. The van der Waals surface area contributed by atoms with Crippen molar-refractivity contribution >= 4 is 17.8 Å². The summed E-state index contributed by atoms with van der Waals surface area (Å²) in [7, 11) is 1.55. The normalized spacial score (nSPS) is 12.0. The Bertz CT molecular complexity index is 794. The van der Waals surface area contributed by atoms with E-state index < -0.39 is 0 Å². The lowest BCUT2D eigenvalue weighted by Gasteiger charge is -2.24. The van der Waals surface area contributed by atoms with E-state index in [0.29, 0.717) is 26.0 Å². The van der Waals surface area contributed by atoms with Gasteiger partial charge in [0.25, 0.3) is 0 Å². The Balaban J connectivity index is 4.31. The van der Waals surface area contributed by atoms with E-state index in [1.165, 1.54) is 82.6 Å². The van der Waals surface area contributed by atoms with Crippen molar-refractivity contribution in [3.63, 3.8) is 0 Å². The highest BCUT2D eigenvalue weighted by Gasteiger charge is 2.14. The Hall–Kier alpha value is -1.67. The van der Waals surface area contributed by atoms with Gasteiger partial charge in [0.05, 0.1) is 13.7 Å². The molecule has 0 radical (unpaired) electrons. The van der Waals surface area contributed by atoms with Gasteiger partial charge in [-0.3, -0.25) is 19.2 Å². The van der Waals surface area contributed by atoms with Crippen LogP contribution in [0.4, 0.5) is 0 Å². The van der Waals surface area contributed by atoms with Crippen LogP contribution in [0, 0.1) is 0 Å². The van der Waals surface area contributed by atoms with E-state index in [1.54, 1.807) is 7.11 Å². The van der Waals surface area contributed by atoms with Crippen LogP contribution in [0.25, 0.3) is 0 Å². The number of carbonyl (C=O) groups excluding carboxylic acids is 3. The fourth-order valence-electron chi connectivity index (χ4n) is 6.67. The molecule has 0 N–H and O–H groups in total. The summed E-state index contributed by atoms with van der Waals surface area (Å²) in [5.41, 5.74) is 0. The van der Waals surface area contributed by atoms with Crippen molar-refractivity contribution in [3.8, 4) is 0 Å². The Morgan fingerprint density at radius 1 is 0.490 bits per heavy atom. The lowest BCUT2D eigenvalue weighted by atomic mass is 10.0. The summed E-state index contributed by atoms with van der Waals surface area (Å²) in [5, 5.41) is 1.43. The number of rotatable bonds is 39. The molecule has 0 fully saturated rings. The van der Waals surface area contributed by atoms with Gasteiger partial charge in [-0.25, -0.2) is 5.06 Å². The van der Waals surface area contributed by atoms with Gasteiger partial charge in [-0.2, -0.15) is 0 Å². The third kappa shape index (κ3) is 33.9. The fourth-order valence-corrected chi connectivity index (χ4v) is 6.67. The number of unbranched alkanes of at least 4 members (excludes halogenated alkanes) is 19. The molecule has 8 heteroatoms. The second-order valence-electron chi connectivity index (χ2n) is 14.8. The summed E-state index contributed by atoms with van der Waals surface area (Å²) in [5.74, 6) is -0.107. The van der Waals surface area contributed by atoms with Crippen molar-refractivity contribution < 1.29 is 28.7 Å². The molecule has 51 heavy (non-hydrogen) atoms. The monoisotopic (exact) mass is 725 g/mol. The topological polar surface area (TPSA) is 85.4 Å². The maximum Gasteiger partial charge on any atom is 0.306 e. The van der Waals surface area contributed by atoms with E-state index in [0.717, 1.165) is 122 Å². The van der Waals surface area contributed by atoms with E-state index in [-0.39, 0.29) is 23.9 Å². The van der Waals surface area contributed by atoms with Gasteiger partial charge in [0.2, 0.25) is 5.91 Å². The highest BCUT2D eigenvalue weighted by atomic mass is 16.7. The van der Waals surface area contributed by atoms with Crippen LogP contribution in [-0.2, 0) is 28.7 Å². The molecule has 0 rings (SSSR count). The standard InChI is InChI=1S/C43H84N2O6/c1-6-9-12-14-22-29-39-50-42(47)33-25-18-15-20-27-35-44(37-30-38-45(49-5)40(4)46)36-28-21-16-19-26-34-43(48)51-41(31-23-11-8-3)32-24-17-13-10-7-2/h41H,6-39H2,1-5H3. The van der Waals surface area contributed by atoms with Crippen LogP contribution in [0.15, 0.2) is 0 Å². The number of ether oxygens (including phenoxy) is 2. The summed E-state index contributed by atoms with van der Waals surface area (Å²) in [6.07, 6.45) is 32.0. The lowest BCUT2D eigenvalue weighted by molar-refractivity contribution is -0.173. The third-order valence-electron chi connectivity index (χ3n) is 9.94. The van der Waals surface area contributed by atoms with Gasteiger partial charge >= 0.3 is 11.9 Å². The number of nitrogens with zero attached hydrogens (tertiary/aromatic N) is 2. The van der Waals surface area contributed by atoms with Crippen LogP contribution in [0.1, 0.15) is 214 Å². The van der Waals surface area contributed by atoms with Crippen LogP contribution in [0.5, 0.6) is 0 Å². The van der Waals surface area contributed by atoms with E-state index in [4.69, 9.17) is 14.3 Å². The highest BCUT2D eigenvalue weighted by Crippen LogP contribution is 2.17. The maximum absolute atomic E-state index is 12.6. The van der Waals surface area contributed by atoms with Gasteiger partial charge in [0.15, 0.2) is 0 Å². The minimum absolute atomic E-state index is 0.00433. The van der Waals surface area contributed by atoms with Crippen LogP contribution >= 0.6 is 0 Å². The molecule has 0 aromatic rings. The molecule has 0 bridgehead atoms. The molecule has 1 atom stereocenters. The molecular formula is C43H84N2O6. The number of esters is 2. The summed E-state index contributed by atoms with van der Waals surface area (Å²) in [4.78, 5) is 44.2. The minimum Gasteiger partial charge on any atom is -0.466 e. The highest BCUT2D eigenvalue weighted by molar-refractivity contribution is 5.72. The zero-order valence-corrected chi connectivity index (χ0v) is 34.5. The number of hydroxylamine groups is 2. The molecule has 302 valence electrons. The minimum atomic E-state index is -0.0614. The molecule has 0 aromatic heterocycles. The van der Waals surface area contributed by atoms with Gasteiger partial charge in [0.1, 0.15) is 6.10 Å². The van der Waals surface area contributed by atoms with Gasteiger partial charge < -0.3 is 14.4 Å². The largest absolute Gasteiger partial charge is 0.466 e. The van der Waals surface area contributed by atoms with E-state index in [1.807, 2.05) is 0 Å². The summed E-state index contributed by atoms with van der Waals surface area (Å²) in [6.45, 7) is 12.5. The van der Waals surface area contributed by atoms with Crippen LogP contribution in [0.3, 0.4) is 0 Å². The quantitative estimate of drug-likeness (QED) is 0.0354. The Labute approximate surface area is 315 Å². The average Bonchev–Trinajstić information content (AvgIpc) is 3.11. The molecule has 0 aliphatic heterocycles. The number of hydrogen-bond donors (Lipinski definition) is 0. The summed E-state index contributed by atoms with van der Waals surface area (Å²) in [6, 6.07) is 0. The smallest absolute Gasteiger partial charge is 0.306 e. The molecule has 1 unspecified atom stereocenters. The van der Waals surface area contributed by atoms with E-state index >= 15 is 0 Å². The van der Waals surface area contributed by atoms with Crippen molar-refractivity contribution in [1.82, 2.24) is 9.96 Å². The molecule has 8 nitrogen and oxygen atoms in total. The first-order chi connectivity index (χ1) is 24.9. The van der Waals surface area contributed by atoms with Crippen molar-refractivity contribution in [2.45, 2.75) is 220 Å². The van der Waals surface area contributed by atoms with Gasteiger partial charge in [-0.1, -0.05) is 130 Å². The Morgan fingerprint density at radius 2 is 0.922 bits per heavy atom. The van der Waals surface area contributed by atoms with Crippen molar-refractivity contribution in [2.24, 2.45) is 0 Å². The number of amides is 1. The molecule has 0 saturated heterocycles. The second-order valence-corrected chi connectivity index (χ2v) is 14.8. The number of hydrogen-bond acceptors (Lipinski definition) is 7. The van der Waals surface area contributed by atoms with Gasteiger partial charge in [0, 0.05) is 26.3 Å². The van der Waals surface area contributed by atoms with E-state index in [2.05, 4.69) is 25.7 Å². The van der Waals surface area contributed by atoms with Crippen molar-refractivity contribution in [3.05, 3.63) is 0 Å². The van der Waals surface area contributed by atoms with Crippen LogP contribution in [-0.4, -0.2) is 73.8 Å². The van der Waals surface area contributed by atoms with Gasteiger partial charge in [-0.05, 0) is 83.8 Å². The third-order valence-corrected chi connectivity index (χ3v) is 9.94. The maximum atomic E-state index is 12.6. The predicted molar refractivity (Wildman–Crippen MR) is 213 cm³/mol. The first-order valence-electron chi connectivity index (χ1n) is 21.8. The molecule has 0 aliphatic carbocycles. The Kier molecular flexibility index (Phi) is 36.8. The van der Waals surface area contributed by atoms with Crippen LogP contribution < -0.4 is 0 Å². The first-order valence-corrected chi connectivity index (χ1v) is 21.8. The van der Waals surface area contributed by atoms with Gasteiger partial charge in [-0.15, -0.1) is 0 Å². The molecular weight excluding hydrogens is 640 g/mol. The zero-order chi connectivity index (χ0) is 37.6. The fraction of sp³-hybridized carbons (Fsp3) is 0.930. The second kappa shape index (κ2) is 38.1. The summed E-state index contributed by atoms with van der Waals surface area (Å²) >= 11 is 0. The first kappa shape index (κ1) is 49.3. The lowest BCUT2D eigenvalue weighted by Crippen LogP contribution is -2.33. The molecule has 0 heterocycles. The van der Waals surface area contributed by atoms with Crippen LogP contribution in [0.2, 0.25) is 0 Å². The van der Waals surface area contributed by atoms with E-state index in [9.17, 15) is 14.4 Å². The van der Waals surface area contributed by atoms with Crippen molar-refractivity contribution in [1.29, 1.82) is 0 Å². The van der Waals surface area contributed by atoms with Crippen molar-refractivity contribution in [2.75, 3.05) is 39.9 Å². The number of carbonyl (C=O) groups is 3. The SMILES string of the molecule is CCCCCCCCOC(=O)CCCCCCCN(CCCCCCCC(=O)OC(CCCCC)CCCCCCC)CCCN(OC)C(C)=O. The molecule has 1 amide bonds. The average molecular weight is 725 g/mol. The predicted octanol–water partition coefficient (Wildman–Crippen LogP) is 11.5. The molecule has 0 aromatic carbocycles. The molecule has 0 saturated carbocycles.